The number of amides is 1. The fraction of sp³-hybridized carbons (Fsp3) is 0.750. The molecule has 0 aromatic rings. The van der Waals surface area contributed by atoms with E-state index in [4.69, 9.17) is 21.8 Å². The Bertz CT molecular complexity index is 108. The molecule has 54 valence electrons. The molecular formula is C4H8ClNO3. The highest BCUT2D eigenvalue weighted by molar-refractivity contribution is 6.22. The maximum atomic E-state index is 10.1. The number of hydrogen-bond acceptors (Lipinski definition) is 3. The van der Waals surface area contributed by atoms with E-state index in [0.29, 0.717) is 0 Å². The number of alkyl halides is 1. The Labute approximate surface area is 57.2 Å². The van der Waals surface area contributed by atoms with Crippen LogP contribution in [-0.2, 0) is 4.79 Å². The number of carbonyl (C=O) groups excluding carboxylic acids is 1. The SMILES string of the molecule is NC(=O)C(O)C(Cl)CO. The summed E-state index contributed by atoms with van der Waals surface area (Å²) in [7, 11) is 0. The van der Waals surface area contributed by atoms with Crippen molar-refractivity contribution < 1.29 is 15.0 Å². The van der Waals surface area contributed by atoms with Gasteiger partial charge in [-0.25, -0.2) is 0 Å². The molecular weight excluding hydrogens is 146 g/mol. The van der Waals surface area contributed by atoms with Crippen LogP contribution in [0.25, 0.3) is 0 Å². The molecule has 4 nitrogen and oxygen atoms in total. The minimum Gasteiger partial charge on any atom is -0.395 e. The standard InChI is InChI=1S/C4H8ClNO3/c5-2(1-7)3(8)4(6)9/h2-3,7-8H,1H2,(H2,6,9). The first-order valence-corrected chi connectivity index (χ1v) is 2.75. The van der Waals surface area contributed by atoms with Crippen LogP contribution in [0.5, 0.6) is 0 Å². The molecule has 0 aliphatic carbocycles. The average molecular weight is 154 g/mol. The van der Waals surface area contributed by atoms with Gasteiger partial charge >= 0.3 is 0 Å². The highest BCUT2D eigenvalue weighted by Gasteiger charge is 2.20. The summed E-state index contributed by atoms with van der Waals surface area (Å²) in [5.74, 6) is -0.927. The Hall–Kier alpha value is -0.320. The molecule has 2 unspecified atom stereocenters. The average Bonchev–Trinajstić information content (AvgIpc) is 1.84. The van der Waals surface area contributed by atoms with Gasteiger partial charge in [0.05, 0.1) is 12.0 Å². The van der Waals surface area contributed by atoms with E-state index in [2.05, 4.69) is 5.73 Å². The van der Waals surface area contributed by atoms with Gasteiger partial charge < -0.3 is 15.9 Å². The number of primary amides is 1. The number of hydrogen-bond donors (Lipinski definition) is 3. The van der Waals surface area contributed by atoms with Crippen LogP contribution in [-0.4, -0.2) is 34.2 Å². The predicted octanol–water partition coefficient (Wildman–Crippen LogP) is -1.57. The van der Waals surface area contributed by atoms with Gasteiger partial charge in [0, 0.05) is 0 Å². The zero-order chi connectivity index (χ0) is 7.44. The van der Waals surface area contributed by atoms with Crippen molar-refractivity contribution in [1.29, 1.82) is 0 Å². The molecule has 4 N–H and O–H groups in total. The van der Waals surface area contributed by atoms with Gasteiger partial charge in [-0.1, -0.05) is 0 Å². The van der Waals surface area contributed by atoms with Crippen LogP contribution in [0, 0.1) is 0 Å². The zero-order valence-electron chi connectivity index (χ0n) is 4.62. The van der Waals surface area contributed by atoms with E-state index in [1.54, 1.807) is 0 Å². The van der Waals surface area contributed by atoms with Crippen molar-refractivity contribution in [2.45, 2.75) is 11.5 Å². The summed E-state index contributed by atoms with van der Waals surface area (Å²) < 4.78 is 0. The minimum absolute atomic E-state index is 0.467. The van der Waals surface area contributed by atoms with Gasteiger partial charge in [0.2, 0.25) is 5.91 Å². The van der Waals surface area contributed by atoms with E-state index >= 15 is 0 Å². The van der Waals surface area contributed by atoms with Crippen molar-refractivity contribution in [3.63, 3.8) is 0 Å². The van der Waals surface area contributed by atoms with E-state index < -0.39 is 24.0 Å². The number of carbonyl (C=O) groups is 1. The summed E-state index contributed by atoms with van der Waals surface area (Å²) in [5, 5.41) is 15.9. The summed E-state index contributed by atoms with van der Waals surface area (Å²) in [4.78, 5) is 10.1. The summed E-state index contributed by atoms with van der Waals surface area (Å²) in [5.41, 5.74) is 4.63. The van der Waals surface area contributed by atoms with Crippen LogP contribution in [0.4, 0.5) is 0 Å². The lowest BCUT2D eigenvalue weighted by Gasteiger charge is -2.09. The maximum absolute atomic E-state index is 10.1. The number of aliphatic hydroxyl groups is 2. The number of nitrogens with two attached hydrogens (primary N) is 1. The number of aliphatic hydroxyl groups excluding tert-OH is 2. The number of rotatable bonds is 3. The molecule has 0 saturated carbocycles. The van der Waals surface area contributed by atoms with Crippen molar-refractivity contribution >= 4 is 17.5 Å². The van der Waals surface area contributed by atoms with E-state index in [9.17, 15) is 4.79 Å². The Morgan fingerprint density at radius 3 is 2.33 bits per heavy atom. The van der Waals surface area contributed by atoms with Gasteiger partial charge in [-0.2, -0.15) is 0 Å². The van der Waals surface area contributed by atoms with Crippen LogP contribution in [0.3, 0.4) is 0 Å². The van der Waals surface area contributed by atoms with Crippen LogP contribution >= 0.6 is 11.6 Å². The molecule has 0 rings (SSSR count). The van der Waals surface area contributed by atoms with Crippen molar-refractivity contribution in [3.05, 3.63) is 0 Å². The molecule has 9 heavy (non-hydrogen) atoms. The Morgan fingerprint density at radius 2 is 2.22 bits per heavy atom. The maximum Gasteiger partial charge on any atom is 0.247 e. The van der Waals surface area contributed by atoms with Gasteiger partial charge in [-0.15, -0.1) is 11.6 Å². The number of halogens is 1. The Morgan fingerprint density at radius 1 is 1.78 bits per heavy atom. The fourth-order valence-electron chi connectivity index (χ4n) is 0.278. The fourth-order valence-corrected chi connectivity index (χ4v) is 0.402. The lowest BCUT2D eigenvalue weighted by Crippen LogP contribution is -2.37. The Kier molecular flexibility index (Phi) is 3.53. The Balaban J connectivity index is 3.72. The molecule has 0 heterocycles. The van der Waals surface area contributed by atoms with Crippen molar-refractivity contribution in [2.75, 3.05) is 6.61 Å². The lowest BCUT2D eigenvalue weighted by atomic mass is 10.2. The first-order chi connectivity index (χ1) is 4.09. The van der Waals surface area contributed by atoms with Gasteiger partial charge in [-0.05, 0) is 0 Å². The molecule has 0 radical (unpaired) electrons. The lowest BCUT2D eigenvalue weighted by molar-refractivity contribution is -0.126. The monoisotopic (exact) mass is 153 g/mol. The molecule has 0 aliphatic heterocycles. The first kappa shape index (κ1) is 8.68. The third kappa shape index (κ3) is 2.64. The molecule has 0 bridgehead atoms. The summed E-state index contributed by atoms with van der Waals surface area (Å²) in [6, 6.07) is 0. The van der Waals surface area contributed by atoms with Crippen LogP contribution in [0.2, 0.25) is 0 Å². The summed E-state index contributed by atoms with van der Waals surface area (Å²) >= 11 is 5.21. The minimum atomic E-state index is -1.46. The topological polar surface area (TPSA) is 83.6 Å². The molecule has 0 aromatic heterocycles. The van der Waals surface area contributed by atoms with Crippen LogP contribution in [0.15, 0.2) is 0 Å². The molecule has 0 aromatic carbocycles. The molecule has 5 heteroatoms. The predicted molar refractivity (Wildman–Crippen MR) is 31.9 cm³/mol. The van der Waals surface area contributed by atoms with E-state index in [-0.39, 0.29) is 0 Å². The quantitative estimate of drug-likeness (QED) is 0.429. The van der Waals surface area contributed by atoms with Crippen LogP contribution < -0.4 is 5.73 Å². The van der Waals surface area contributed by atoms with Gasteiger partial charge in [-0.3, -0.25) is 4.79 Å². The molecule has 0 fully saturated rings. The summed E-state index contributed by atoms with van der Waals surface area (Å²) in [6.45, 7) is -0.467. The molecule has 0 aliphatic rings. The third-order valence-electron chi connectivity index (χ3n) is 0.809. The smallest absolute Gasteiger partial charge is 0.247 e. The van der Waals surface area contributed by atoms with Gasteiger partial charge in [0.1, 0.15) is 0 Å². The largest absolute Gasteiger partial charge is 0.395 e. The molecule has 1 amide bonds. The normalized spacial score (nSPS) is 16.8. The van der Waals surface area contributed by atoms with Gasteiger partial charge in [0.25, 0.3) is 0 Å². The van der Waals surface area contributed by atoms with Crippen molar-refractivity contribution in [2.24, 2.45) is 5.73 Å². The molecule has 0 spiro atoms. The van der Waals surface area contributed by atoms with Gasteiger partial charge in [0.15, 0.2) is 6.10 Å². The second kappa shape index (κ2) is 3.66. The van der Waals surface area contributed by atoms with Crippen LogP contribution in [0.1, 0.15) is 0 Å². The summed E-state index contributed by atoms with van der Waals surface area (Å²) in [6.07, 6.45) is -1.46. The molecule has 2 atom stereocenters. The van der Waals surface area contributed by atoms with Crippen molar-refractivity contribution in [1.82, 2.24) is 0 Å². The highest BCUT2D eigenvalue weighted by Crippen LogP contribution is 1.99. The first-order valence-electron chi connectivity index (χ1n) is 2.32. The second-order valence-corrected chi connectivity index (χ2v) is 2.11. The van der Waals surface area contributed by atoms with Crippen molar-refractivity contribution in [3.8, 4) is 0 Å². The molecule has 0 saturated heterocycles. The second-order valence-electron chi connectivity index (χ2n) is 1.55. The third-order valence-corrected chi connectivity index (χ3v) is 1.19. The zero-order valence-corrected chi connectivity index (χ0v) is 5.38. The van der Waals surface area contributed by atoms with E-state index in [1.807, 2.05) is 0 Å². The van der Waals surface area contributed by atoms with E-state index in [1.165, 1.54) is 0 Å². The van der Waals surface area contributed by atoms with E-state index in [0.717, 1.165) is 0 Å². The highest BCUT2D eigenvalue weighted by atomic mass is 35.5.